The molecule has 0 saturated heterocycles. The van der Waals surface area contributed by atoms with E-state index in [1.54, 1.807) is 0 Å². The number of hydrogen-bond acceptors (Lipinski definition) is 5. The van der Waals surface area contributed by atoms with Crippen LogP contribution < -0.4 is 11.5 Å². The van der Waals surface area contributed by atoms with E-state index in [0.717, 1.165) is 11.8 Å². The average Bonchev–Trinajstić information content (AvgIpc) is 1.99. The Morgan fingerprint density at radius 3 is 2.45 bits per heavy atom. The van der Waals surface area contributed by atoms with E-state index >= 15 is 0 Å². The van der Waals surface area contributed by atoms with Crippen molar-refractivity contribution in [3.05, 3.63) is 0 Å². The molecular weight excluding hydrogens is 168 g/mol. The Labute approximate surface area is 68.1 Å². The third-order valence-corrected chi connectivity index (χ3v) is 1.92. The van der Waals surface area contributed by atoms with Crippen molar-refractivity contribution in [2.45, 2.75) is 6.04 Å². The SMILES string of the molecule is NCC(=O)SC[C@H](N)C(=O)O. The summed E-state index contributed by atoms with van der Waals surface area (Å²) in [5.41, 5.74) is 10.1. The molecule has 0 amide bonds. The molecule has 0 aromatic heterocycles. The van der Waals surface area contributed by atoms with Gasteiger partial charge < -0.3 is 16.6 Å². The van der Waals surface area contributed by atoms with Gasteiger partial charge in [-0.25, -0.2) is 0 Å². The number of carbonyl (C=O) groups excluding carboxylic acids is 1. The first kappa shape index (κ1) is 10.4. The zero-order chi connectivity index (χ0) is 8.85. The second-order valence-electron chi connectivity index (χ2n) is 1.83. The van der Waals surface area contributed by atoms with E-state index in [1.807, 2.05) is 0 Å². The molecule has 0 aliphatic rings. The lowest BCUT2D eigenvalue weighted by Crippen LogP contribution is -2.33. The van der Waals surface area contributed by atoms with Gasteiger partial charge in [-0.05, 0) is 0 Å². The van der Waals surface area contributed by atoms with Gasteiger partial charge in [0.05, 0.1) is 6.54 Å². The average molecular weight is 178 g/mol. The van der Waals surface area contributed by atoms with Crippen LogP contribution in [0.5, 0.6) is 0 Å². The molecule has 5 N–H and O–H groups in total. The van der Waals surface area contributed by atoms with Gasteiger partial charge in [-0.2, -0.15) is 0 Å². The Bertz CT molecular complexity index is 162. The number of rotatable bonds is 4. The van der Waals surface area contributed by atoms with Gasteiger partial charge in [-0.15, -0.1) is 0 Å². The second-order valence-corrected chi connectivity index (χ2v) is 2.91. The maximum absolute atomic E-state index is 10.5. The van der Waals surface area contributed by atoms with Crippen molar-refractivity contribution in [2.75, 3.05) is 12.3 Å². The molecule has 1 atom stereocenters. The van der Waals surface area contributed by atoms with Crippen LogP contribution in [0.15, 0.2) is 0 Å². The summed E-state index contributed by atoms with van der Waals surface area (Å²) in [4.78, 5) is 20.6. The molecule has 0 spiro atoms. The zero-order valence-corrected chi connectivity index (χ0v) is 6.63. The van der Waals surface area contributed by atoms with Crippen molar-refractivity contribution in [2.24, 2.45) is 11.5 Å². The zero-order valence-electron chi connectivity index (χ0n) is 5.82. The molecule has 0 radical (unpaired) electrons. The molecule has 0 bridgehead atoms. The normalized spacial score (nSPS) is 12.5. The van der Waals surface area contributed by atoms with Crippen molar-refractivity contribution in [1.29, 1.82) is 0 Å². The molecule has 0 aromatic carbocycles. The number of nitrogens with two attached hydrogens (primary N) is 2. The molecule has 0 aliphatic heterocycles. The van der Waals surface area contributed by atoms with E-state index in [2.05, 4.69) is 0 Å². The van der Waals surface area contributed by atoms with Crippen LogP contribution in [0.25, 0.3) is 0 Å². The van der Waals surface area contributed by atoms with Crippen molar-refractivity contribution in [3.8, 4) is 0 Å². The summed E-state index contributed by atoms with van der Waals surface area (Å²) in [6.45, 7) is -0.0863. The molecule has 0 rings (SSSR count). The Kier molecular flexibility index (Phi) is 4.84. The molecule has 0 heterocycles. The van der Waals surface area contributed by atoms with E-state index in [9.17, 15) is 9.59 Å². The van der Waals surface area contributed by atoms with E-state index in [4.69, 9.17) is 16.6 Å². The maximum Gasteiger partial charge on any atom is 0.321 e. The van der Waals surface area contributed by atoms with Crippen molar-refractivity contribution in [1.82, 2.24) is 0 Å². The number of carboxylic acids is 1. The topological polar surface area (TPSA) is 106 Å². The number of carbonyl (C=O) groups is 2. The van der Waals surface area contributed by atoms with Crippen LogP contribution in [0.2, 0.25) is 0 Å². The summed E-state index contributed by atoms with van der Waals surface area (Å²) in [5, 5.41) is 8.04. The van der Waals surface area contributed by atoms with Crippen molar-refractivity contribution >= 4 is 22.8 Å². The third-order valence-electron chi connectivity index (χ3n) is 0.908. The van der Waals surface area contributed by atoms with Crippen LogP contribution in [0.1, 0.15) is 0 Å². The summed E-state index contributed by atoms with van der Waals surface area (Å²) in [6, 6.07) is -0.990. The fourth-order valence-electron chi connectivity index (χ4n) is 0.313. The molecular formula is C5H10N2O3S. The Balaban J connectivity index is 3.54. The Morgan fingerprint density at radius 2 is 2.09 bits per heavy atom. The van der Waals surface area contributed by atoms with Crippen LogP contribution in [-0.2, 0) is 9.59 Å². The van der Waals surface area contributed by atoms with Crippen LogP contribution in [-0.4, -0.2) is 34.5 Å². The summed E-state index contributed by atoms with van der Waals surface area (Å²) < 4.78 is 0. The van der Waals surface area contributed by atoms with Crippen molar-refractivity contribution in [3.63, 3.8) is 0 Å². The molecule has 0 aliphatic carbocycles. The first-order valence-corrected chi connectivity index (χ1v) is 3.90. The lowest BCUT2D eigenvalue weighted by molar-refractivity contribution is -0.137. The molecule has 0 saturated carbocycles. The van der Waals surface area contributed by atoms with Gasteiger partial charge in [0.15, 0.2) is 0 Å². The Hall–Kier alpha value is -0.590. The fourth-order valence-corrected chi connectivity index (χ4v) is 0.939. The van der Waals surface area contributed by atoms with Crippen LogP contribution >= 0.6 is 11.8 Å². The predicted octanol–water partition coefficient (Wildman–Crippen LogP) is -1.38. The standard InChI is InChI=1S/C5H10N2O3S/c6-1-4(8)11-2-3(7)5(9)10/h3H,1-2,6-7H2,(H,9,10)/t3-/m0/s1. The third kappa shape index (κ3) is 4.77. The molecule has 0 unspecified atom stereocenters. The van der Waals surface area contributed by atoms with Gasteiger partial charge >= 0.3 is 5.97 Å². The van der Waals surface area contributed by atoms with Crippen LogP contribution in [0.4, 0.5) is 0 Å². The van der Waals surface area contributed by atoms with E-state index < -0.39 is 12.0 Å². The highest BCUT2D eigenvalue weighted by molar-refractivity contribution is 8.13. The van der Waals surface area contributed by atoms with Gasteiger partial charge in [0, 0.05) is 5.75 Å². The van der Waals surface area contributed by atoms with Gasteiger partial charge in [0.2, 0.25) is 5.12 Å². The van der Waals surface area contributed by atoms with Gasteiger partial charge in [-0.1, -0.05) is 11.8 Å². The minimum Gasteiger partial charge on any atom is -0.480 e. The Morgan fingerprint density at radius 1 is 1.55 bits per heavy atom. The van der Waals surface area contributed by atoms with Crippen LogP contribution in [0, 0.1) is 0 Å². The highest BCUT2D eigenvalue weighted by atomic mass is 32.2. The molecule has 64 valence electrons. The van der Waals surface area contributed by atoms with Gasteiger partial charge in [0.25, 0.3) is 0 Å². The quantitative estimate of drug-likeness (QED) is 0.489. The lowest BCUT2D eigenvalue weighted by atomic mass is 10.4. The largest absolute Gasteiger partial charge is 0.480 e. The first-order valence-electron chi connectivity index (χ1n) is 2.92. The minimum absolute atomic E-state index is 0.0748. The number of carboxylic acid groups (broad SMARTS) is 1. The second kappa shape index (κ2) is 5.11. The lowest BCUT2D eigenvalue weighted by Gasteiger charge is -2.02. The summed E-state index contributed by atoms with van der Waals surface area (Å²) >= 11 is 0.843. The predicted molar refractivity (Wildman–Crippen MR) is 42.1 cm³/mol. The summed E-state index contributed by atoms with van der Waals surface area (Å²) in [7, 11) is 0. The van der Waals surface area contributed by atoms with Gasteiger partial charge in [-0.3, -0.25) is 9.59 Å². The number of hydrogen-bond donors (Lipinski definition) is 3. The monoisotopic (exact) mass is 178 g/mol. The molecule has 0 fully saturated rings. The van der Waals surface area contributed by atoms with E-state index in [0.29, 0.717) is 0 Å². The molecule has 11 heavy (non-hydrogen) atoms. The first-order chi connectivity index (χ1) is 5.07. The molecule has 0 aromatic rings. The minimum atomic E-state index is -1.11. The maximum atomic E-state index is 10.5. The van der Waals surface area contributed by atoms with Gasteiger partial charge in [0.1, 0.15) is 6.04 Å². The highest BCUT2D eigenvalue weighted by Gasteiger charge is 2.12. The highest BCUT2D eigenvalue weighted by Crippen LogP contribution is 2.01. The van der Waals surface area contributed by atoms with E-state index in [-0.39, 0.29) is 17.4 Å². The molecule has 6 heteroatoms. The number of thioether (sulfide) groups is 1. The van der Waals surface area contributed by atoms with Crippen molar-refractivity contribution < 1.29 is 14.7 Å². The summed E-state index contributed by atoms with van der Waals surface area (Å²) in [6.07, 6.45) is 0. The van der Waals surface area contributed by atoms with Crippen LogP contribution in [0.3, 0.4) is 0 Å². The smallest absolute Gasteiger partial charge is 0.321 e. The van der Waals surface area contributed by atoms with E-state index in [1.165, 1.54) is 0 Å². The number of aliphatic carboxylic acids is 1. The fraction of sp³-hybridized carbons (Fsp3) is 0.600. The molecule has 5 nitrogen and oxygen atoms in total. The summed E-state index contributed by atoms with van der Waals surface area (Å²) in [5.74, 6) is -1.03.